The number of thiol groups is 1. The molecule has 2 atom stereocenters. The summed E-state index contributed by atoms with van der Waals surface area (Å²) in [5.74, 6) is 0.914. The Morgan fingerprint density at radius 3 is 0.854 bits per heavy atom. The third-order valence-corrected chi connectivity index (χ3v) is 10.9. The Morgan fingerprint density at radius 2 is 0.604 bits per heavy atom. The molecule has 48 heavy (non-hydrogen) atoms. The summed E-state index contributed by atoms with van der Waals surface area (Å²) in [7, 11) is 0. The molecule has 0 spiro atoms. The van der Waals surface area contributed by atoms with Crippen LogP contribution in [0.25, 0.3) is 0 Å². The minimum Gasteiger partial charge on any atom is -0.392 e. The van der Waals surface area contributed by atoms with Crippen molar-refractivity contribution in [2.75, 3.05) is 25.4 Å². The lowest BCUT2D eigenvalue weighted by Crippen LogP contribution is -2.38. The summed E-state index contributed by atoms with van der Waals surface area (Å²) in [6.07, 6.45) is 47.7. The molecule has 4 heteroatoms. The van der Waals surface area contributed by atoms with Crippen LogP contribution in [-0.2, 0) is 0 Å². The predicted octanol–water partition coefficient (Wildman–Crippen LogP) is 14.0. The minimum absolute atomic E-state index is 0.268. The fourth-order valence-electron chi connectivity index (χ4n) is 7.34. The van der Waals surface area contributed by atoms with Crippen molar-refractivity contribution in [3.63, 3.8) is 0 Å². The van der Waals surface area contributed by atoms with E-state index in [1.165, 1.54) is 193 Å². The molecule has 0 aromatic carbocycles. The molecule has 0 aliphatic carbocycles. The molecule has 290 valence electrons. The lowest BCUT2D eigenvalue weighted by atomic mass is 10.0. The molecule has 0 saturated carbocycles. The van der Waals surface area contributed by atoms with Crippen molar-refractivity contribution in [3.05, 3.63) is 0 Å². The second kappa shape index (κ2) is 41.6. The Bertz CT molecular complexity index is 532. The predicted molar refractivity (Wildman–Crippen MR) is 220 cm³/mol. The third-order valence-electron chi connectivity index (χ3n) is 10.6. The molecular weight excluding hydrogens is 607 g/mol. The summed E-state index contributed by atoms with van der Waals surface area (Å²) in [5, 5.41) is 21.6. The zero-order valence-electron chi connectivity index (χ0n) is 33.2. The van der Waals surface area contributed by atoms with Gasteiger partial charge in [-0.25, -0.2) is 0 Å². The maximum atomic E-state index is 10.8. The van der Waals surface area contributed by atoms with Gasteiger partial charge in [0.05, 0.1) is 12.2 Å². The number of nitrogens with zero attached hydrogens (tertiary/aromatic N) is 1. The first-order valence-corrected chi connectivity index (χ1v) is 23.0. The molecule has 0 fully saturated rings. The van der Waals surface area contributed by atoms with E-state index >= 15 is 0 Å². The summed E-state index contributed by atoms with van der Waals surface area (Å²) in [4.78, 5) is 2.33. The second-order valence-corrected chi connectivity index (χ2v) is 16.1. The van der Waals surface area contributed by atoms with Gasteiger partial charge in [0.15, 0.2) is 0 Å². The average molecular weight is 698 g/mol. The first-order chi connectivity index (χ1) is 23.6. The number of hydrogen-bond donors (Lipinski definition) is 3. The van der Waals surface area contributed by atoms with Crippen molar-refractivity contribution in [3.8, 4) is 0 Å². The summed E-state index contributed by atoms with van der Waals surface area (Å²) in [6, 6.07) is 0. The van der Waals surface area contributed by atoms with Gasteiger partial charge < -0.3 is 10.2 Å². The number of hydrogen-bond acceptors (Lipinski definition) is 4. The topological polar surface area (TPSA) is 43.7 Å². The third kappa shape index (κ3) is 39.0. The van der Waals surface area contributed by atoms with Gasteiger partial charge in [-0.1, -0.05) is 219 Å². The van der Waals surface area contributed by atoms with Gasteiger partial charge in [0, 0.05) is 13.1 Å². The fraction of sp³-hybridized carbons (Fsp3) is 1.00. The highest BCUT2D eigenvalue weighted by Crippen LogP contribution is 2.17. The maximum absolute atomic E-state index is 10.8. The molecule has 0 rings (SSSR count). The van der Waals surface area contributed by atoms with E-state index < -0.39 is 0 Å². The van der Waals surface area contributed by atoms with Crippen LogP contribution in [0.3, 0.4) is 0 Å². The highest BCUT2D eigenvalue weighted by Gasteiger charge is 2.15. The van der Waals surface area contributed by atoms with Crippen LogP contribution < -0.4 is 0 Å². The Labute approximate surface area is 309 Å². The van der Waals surface area contributed by atoms with Crippen LogP contribution in [-0.4, -0.2) is 52.7 Å². The monoisotopic (exact) mass is 698 g/mol. The Balaban J connectivity index is 3.75. The second-order valence-electron chi connectivity index (χ2n) is 15.7. The van der Waals surface area contributed by atoms with Crippen molar-refractivity contribution in [1.82, 2.24) is 4.90 Å². The van der Waals surface area contributed by atoms with E-state index in [1.807, 2.05) is 0 Å². The van der Waals surface area contributed by atoms with Gasteiger partial charge in [-0.2, -0.15) is 12.6 Å². The van der Waals surface area contributed by atoms with Crippen molar-refractivity contribution in [1.29, 1.82) is 0 Å². The molecule has 0 radical (unpaired) electrons. The van der Waals surface area contributed by atoms with E-state index in [0.29, 0.717) is 13.1 Å². The molecule has 0 heterocycles. The molecule has 0 saturated heterocycles. The van der Waals surface area contributed by atoms with Crippen LogP contribution >= 0.6 is 12.6 Å². The lowest BCUT2D eigenvalue weighted by Gasteiger charge is -2.27. The van der Waals surface area contributed by atoms with Crippen molar-refractivity contribution < 1.29 is 10.2 Å². The number of rotatable bonds is 42. The number of aliphatic hydroxyl groups is 2. The van der Waals surface area contributed by atoms with Gasteiger partial charge in [-0.05, 0) is 38.0 Å². The molecule has 2 N–H and O–H groups in total. The Hall–Kier alpha value is 0.230. The van der Waals surface area contributed by atoms with Crippen LogP contribution in [0.5, 0.6) is 0 Å². The van der Waals surface area contributed by atoms with Crippen LogP contribution in [0.1, 0.15) is 245 Å². The average Bonchev–Trinajstić information content (AvgIpc) is 3.08. The molecular formula is C44H91NO2S. The Kier molecular flexibility index (Phi) is 41.8. The quantitative estimate of drug-likeness (QED) is 0.0439. The highest BCUT2D eigenvalue weighted by atomic mass is 32.1. The molecule has 0 aliphatic heterocycles. The number of unbranched alkanes of at least 4 members (excludes halogenated alkanes) is 31. The smallest absolute Gasteiger partial charge is 0.0667 e. The largest absolute Gasteiger partial charge is 0.392 e. The van der Waals surface area contributed by atoms with E-state index in [1.54, 1.807) is 0 Å². The normalized spacial score (nSPS) is 13.1. The zero-order chi connectivity index (χ0) is 35.0. The molecule has 0 aromatic heterocycles. The van der Waals surface area contributed by atoms with Crippen LogP contribution in [0.4, 0.5) is 0 Å². The van der Waals surface area contributed by atoms with Crippen molar-refractivity contribution >= 4 is 12.6 Å². The van der Waals surface area contributed by atoms with Gasteiger partial charge in [0.1, 0.15) is 0 Å². The first kappa shape index (κ1) is 48.2. The Morgan fingerprint density at radius 1 is 0.354 bits per heavy atom. The lowest BCUT2D eigenvalue weighted by molar-refractivity contribution is 0.0599. The molecule has 0 bridgehead atoms. The van der Waals surface area contributed by atoms with Gasteiger partial charge >= 0.3 is 0 Å². The van der Waals surface area contributed by atoms with E-state index in [-0.39, 0.29) is 12.2 Å². The van der Waals surface area contributed by atoms with Gasteiger partial charge in [-0.3, -0.25) is 4.90 Å². The van der Waals surface area contributed by atoms with Crippen LogP contribution in [0.2, 0.25) is 0 Å². The van der Waals surface area contributed by atoms with Crippen molar-refractivity contribution in [2.24, 2.45) is 0 Å². The van der Waals surface area contributed by atoms with E-state index in [4.69, 9.17) is 0 Å². The van der Waals surface area contributed by atoms with Crippen LogP contribution in [0.15, 0.2) is 0 Å². The highest BCUT2D eigenvalue weighted by molar-refractivity contribution is 7.80. The number of aliphatic hydroxyl groups excluding tert-OH is 2. The van der Waals surface area contributed by atoms with Gasteiger partial charge in [-0.15, -0.1) is 0 Å². The van der Waals surface area contributed by atoms with E-state index in [2.05, 4.69) is 31.4 Å². The maximum Gasteiger partial charge on any atom is 0.0667 e. The van der Waals surface area contributed by atoms with Crippen LogP contribution in [0, 0.1) is 0 Å². The van der Waals surface area contributed by atoms with E-state index in [9.17, 15) is 10.2 Å². The van der Waals surface area contributed by atoms with Gasteiger partial charge in [0.25, 0.3) is 0 Å². The standard InChI is InChI=1S/C44H91NO2S/c1-3-5-7-9-11-13-15-17-19-21-23-25-27-29-31-33-37-43(46)41-45(39-35-36-40-48)42-44(47)38-34-32-30-28-26-24-22-20-18-16-14-12-10-8-6-4-2/h43-44,46-48H,3-42H2,1-2H3. The molecule has 3 nitrogen and oxygen atoms in total. The summed E-state index contributed by atoms with van der Waals surface area (Å²) in [6.45, 7) is 6.97. The summed E-state index contributed by atoms with van der Waals surface area (Å²) in [5.41, 5.74) is 0. The summed E-state index contributed by atoms with van der Waals surface area (Å²) >= 11 is 4.39. The van der Waals surface area contributed by atoms with Crippen molar-refractivity contribution in [2.45, 2.75) is 257 Å². The molecule has 2 unspecified atom stereocenters. The summed E-state index contributed by atoms with van der Waals surface area (Å²) < 4.78 is 0. The zero-order valence-corrected chi connectivity index (χ0v) is 34.1. The molecule has 0 amide bonds. The minimum atomic E-state index is -0.268. The fourth-order valence-corrected chi connectivity index (χ4v) is 7.56. The SMILES string of the molecule is CCCCCCCCCCCCCCCCCCC(O)CN(CCCCS)CC(O)CCCCCCCCCCCCCCCCCC. The molecule has 0 aliphatic rings. The first-order valence-electron chi connectivity index (χ1n) is 22.3. The van der Waals surface area contributed by atoms with E-state index in [0.717, 1.165) is 50.8 Å². The molecule has 0 aromatic rings. The van der Waals surface area contributed by atoms with Gasteiger partial charge in [0.2, 0.25) is 0 Å².